The topological polar surface area (TPSA) is 0 Å². The number of allylic oxidation sites excluding steroid dienone is 4. The number of rotatable bonds is 1. The predicted octanol–water partition coefficient (Wildman–Crippen LogP) is 2.94. The zero-order valence-corrected chi connectivity index (χ0v) is 7.76. The van der Waals surface area contributed by atoms with Gasteiger partial charge in [0.15, 0.2) is 0 Å². The molecule has 0 fully saturated rings. The van der Waals surface area contributed by atoms with Gasteiger partial charge in [-0.25, -0.2) is 0 Å². The molecule has 0 heterocycles. The molecule has 9 heavy (non-hydrogen) atoms. The van der Waals surface area contributed by atoms with E-state index in [-0.39, 0.29) is 0 Å². The van der Waals surface area contributed by atoms with Crippen molar-refractivity contribution in [3.63, 3.8) is 0 Å². The second-order valence-corrected chi connectivity index (χ2v) is 3.34. The van der Waals surface area contributed by atoms with Gasteiger partial charge in [-0.3, -0.25) is 0 Å². The molecular formula is C8H11I. The first-order valence-electron chi connectivity index (χ1n) is 3.24. The third-order valence-electron chi connectivity index (χ3n) is 1.57. The van der Waals surface area contributed by atoms with Gasteiger partial charge in [0.1, 0.15) is 0 Å². The molecule has 0 spiro atoms. The summed E-state index contributed by atoms with van der Waals surface area (Å²) in [5.41, 5.74) is 1.41. The monoisotopic (exact) mass is 234 g/mol. The van der Waals surface area contributed by atoms with Crippen molar-refractivity contribution >= 4 is 22.6 Å². The number of hydrogen-bond acceptors (Lipinski definition) is 0. The van der Waals surface area contributed by atoms with Gasteiger partial charge in [-0.2, -0.15) is 0 Å². The van der Waals surface area contributed by atoms with E-state index in [1.54, 1.807) is 0 Å². The van der Waals surface area contributed by atoms with E-state index >= 15 is 0 Å². The lowest BCUT2D eigenvalue weighted by Gasteiger charge is -2.10. The van der Waals surface area contributed by atoms with Gasteiger partial charge in [-0.15, -0.1) is 0 Å². The van der Waals surface area contributed by atoms with Crippen molar-refractivity contribution in [2.75, 3.05) is 4.43 Å². The van der Waals surface area contributed by atoms with Gasteiger partial charge in [-0.1, -0.05) is 46.4 Å². The molecule has 1 heteroatoms. The minimum atomic E-state index is 0.800. The lowest BCUT2D eigenvalue weighted by Crippen LogP contribution is -1.98. The zero-order chi connectivity index (χ0) is 6.69. The highest BCUT2D eigenvalue weighted by Gasteiger charge is 2.03. The molecule has 1 unspecified atom stereocenters. The SMILES string of the molecule is CC1=CCC(CI)C=C1. The van der Waals surface area contributed by atoms with Crippen molar-refractivity contribution in [1.29, 1.82) is 0 Å². The van der Waals surface area contributed by atoms with Crippen LogP contribution in [0, 0.1) is 5.92 Å². The van der Waals surface area contributed by atoms with E-state index in [4.69, 9.17) is 0 Å². The fraction of sp³-hybridized carbons (Fsp3) is 0.500. The van der Waals surface area contributed by atoms with Crippen molar-refractivity contribution in [3.05, 3.63) is 23.8 Å². The summed E-state index contributed by atoms with van der Waals surface area (Å²) in [6, 6.07) is 0. The van der Waals surface area contributed by atoms with Crippen molar-refractivity contribution < 1.29 is 0 Å². The summed E-state index contributed by atoms with van der Waals surface area (Å²) in [6.07, 6.45) is 8.07. The van der Waals surface area contributed by atoms with E-state index in [2.05, 4.69) is 47.7 Å². The minimum absolute atomic E-state index is 0.800. The summed E-state index contributed by atoms with van der Waals surface area (Å²) in [5.74, 6) is 0.800. The largest absolute Gasteiger partial charge is 0.0857 e. The molecule has 1 aliphatic carbocycles. The highest BCUT2D eigenvalue weighted by molar-refractivity contribution is 14.1. The molecular weight excluding hydrogens is 223 g/mol. The van der Waals surface area contributed by atoms with Crippen LogP contribution in [0.15, 0.2) is 23.8 Å². The molecule has 0 radical (unpaired) electrons. The Bertz CT molecular complexity index is 145. The Morgan fingerprint density at radius 3 is 3.00 bits per heavy atom. The van der Waals surface area contributed by atoms with E-state index in [0.717, 1.165) is 5.92 Å². The summed E-state index contributed by atoms with van der Waals surface area (Å²) in [5, 5.41) is 0. The average Bonchev–Trinajstić information content (AvgIpc) is 1.90. The maximum Gasteiger partial charge on any atom is 0.00614 e. The van der Waals surface area contributed by atoms with Gasteiger partial charge in [0.05, 0.1) is 0 Å². The molecule has 0 amide bonds. The Balaban J connectivity index is 2.48. The average molecular weight is 234 g/mol. The molecule has 1 atom stereocenters. The van der Waals surface area contributed by atoms with Crippen LogP contribution in [-0.4, -0.2) is 4.43 Å². The van der Waals surface area contributed by atoms with Crippen molar-refractivity contribution in [2.24, 2.45) is 5.92 Å². The second kappa shape index (κ2) is 3.40. The molecule has 0 aromatic carbocycles. The minimum Gasteiger partial charge on any atom is -0.0857 e. The molecule has 0 aromatic heterocycles. The highest BCUT2D eigenvalue weighted by atomic mass is 127. The molecule has 1 rings (SSSR count). The highest BCUT2D eigenvalue weighted by Crippen LogP contribution is 2.17. The summed E-state index contributed by atoms with van der Waals surface area (Å²) >= 11 is 2.43. The maximum absolute atomic E-state index is 2.43. The van der Waals surface area contributed by atoms with Gasteiger partial charge < -0.3 is 0 Å². The first-order chi connectivity index (χ1) is 4.33. The second-order valence-electron chi connectivity index (χ2n) is 2.46. The number of hydrogen-bond donors (Lipinski definition) is 0. The Hall–Kier alpha value is 0.210. The van der Waals surface area contributed by atoms with Gasteiger partial charge >= 0.3 is 0 Å². The van der Waals surface area contributed by atoms with Gasteiger partial charge in [0.25, 0.3) is 0 Å². The molecule has 0 aliphatic heterocycles. The molecule has 50 valence electrons. The summed E-state index contributed by atoms with van der Waals surface area (Å²) < 4.78 is 1.25. The fourth-order valence-corrected chi connectivity index (χ4v) is 1.54. The molecule has 0 saturated heterocycles. The Kier molecular flexibility index (Phi) is 2.76. The van der Waals surface area contributed by atoms with Crippen LogP contribution in [0.3, 0.4) is 0 Å². The van der Waals surface area contributed by atoms with Crippen molar-refractivity contribution in [3.8, 4) is 0 Å². The summed E-state index contributed by atoms with van der Waals surface area (Å²) in [4.78, 5) is 0. The molecule has 0 nitrogen and oxygen atoms in total. The zero-order valence-electron chi connectivity index (χ0n) is 5.60. The lowest BCUT2D eigenvalue weighted by molar-refractivity contribution is 0.754. The van der Waals surface area contributed by atoms with E-state index in [1.807, 2.05) is 0 Å². The van der Waals surface area contributed by atoms with Crippen LogP contribution in [0.5, 0.6) is 0 Å². The number of alkyl halides is 1. The standard InChI is InChI=1S/C8H11I/c1-7-2-4-8(6-9)5-3-7/h2-4,8H,5-6H2,1H3. The molecule has 0 saturated carbocycles. The maximum atomic E-state index is 2.43. The van der Waals surface area contributed by atoms with E-state index in [0.29, 0.717) is 0 Å². The summed E-state index contributed by atoms with van der Waals surface area (Å²) in [7, 11) is 0. The fourth-order valence-electron chi connectivity index (χ4n) is 0.886. The first kappa shape index (κ1) is 7.32. The van der Waals surface area contributed by atoms with Crippen molar-refractivity contribution in [1.82, 2.24) is 0 Å². The summed E-state index contributed by atoms with van der Waals surface area (Å²) in [6.45, 7) is 2.15. The quantitative estimate of drug-likeness (QED) is 0.483. The van der Waals surface area contributed by atoms with E-state index in [9.17, 15) is 0 Å². The molecule has 0 aromatic rings. The van der Waals surface area contributed by atoms with Crippen molar-refractivity contribution in [2.45, 2.75) is 13.3 Å². The number of halogens is 1. The van der Waals surface area contributed by atoms with Gasteiger partial charge in [-0.05, 0) is 19.3 Å². The smallest absolute Gasteiger partial charge is 0.00614 e. The predicted molar refractivity (Wildman–Crippen MR) is 49.9 cm³/mol. The third-order valence-corrected chi connectivity index (χ3v) is 2.70. The normalized spacial score (nSPS) is 26.0. The van der Waals surface area contributed by atoms with Crippen LogP contribution in [0.4, 0.5) is 0 Å². The Morgan fingerprint density at radius 2 is 2.56 bits per heavy atom. The first-order valence-corrected chi connectivity index (χ1v) is 4.76. The van der Waals surface area contributed by atoms with E-state index in [1.165, 1.54) is 16.4 Å². The van der Waals surface area contributed by atoms with Crippen LogP contribution in [-0.2, 0) is 0 Å². The van der Waals surface area contributed by atoms with Crippen LogP contribution < -0.4 is 0 Å². The Morgan fingerprint density at radius 1 is 1.78 bits per heavy atom. The lowest BCUT2D eigenvalue weighted by atomic mass is 10.00. The van der Waals surface area contributed by atoms with Crippen LogP contribution in [0.25, 0.3) is 0 Å². The third kappa shape index (κ3) is 2.12. The molecule has 0 N–H and O–H groups in total. The van der Waals surface area contributed by atoms with Gasteiger partial charge in [0.2, 0.25) is 0 Å². The van der Waals surface area contributed by atoms with Gasteiger partial charge in [0, 0.05) is 4.43 Å². The van der Waals surface area contributed by atoms with Crippen LogP contribution in [0.2, 0.25) is 0 Å². The van der Waals surface area contributed by atoms with E-state index < -0.39 is 0 Å². The molecule has 0 bridgehead atoms. The molecule has 1 aliphatic rings. The Labute approximate surface area is 70.2 Å². The van der Waals surface area contributed by atoms with Crippen LogP contribution >= 0.6 is 22.6 Å². The van der Waals surface area contributed by atoms with Crippen LogP contribution in [0.1, 0.15) is 13.3 Å².